The fourth-order valence-corrected chi connectivity index (χ4v) is 1.39. The van der Waals surface area contributed by atoms with Gasteiger partial charge in [-0.15, -0.1) is 0 Å². The first kappa shape index (κ1) is 10.6. The Hall–Kier alpha value is -1.53. The molecule has 14 heavy (non-hydrogen) atoms. The number of carbonyl (C=O) groups is 1. The summed E-state index contributed by atoms with van der Waals surface area (Å²) in [7, 11) is 1.44. The number of hydrogen-bond donors (Lipinski definition) is 0. The summed E-state index contributed by atoms with van der Waals surface area (Å²) in [6, 6.07) is 4.88. The van der Waals surface area contributed by atoms with Crippen LogP contribution in [0.25, 0.3) is 0 Å². The lowest BCUT2D eigenvalue weighted by Crippen LogP contribution is -1.97. The summed E-state index contributed by atoms with van der Waals surface area (Å²) < 4.78 is 4.94. The van der Waals surface area contributed by atoms with Crippen molar-refractivity contribution in [2.45, 2.75) is 6.92 Å². The molecule has 0 amide bonds. The highest BCUT2D eigenvalue weighted by Crippen LogP contribution is 2.29. The van der Waals surface area contributed by atoms with Crippen LogP contribution in [-0.2, 0) is 0 Å². The zero-order valence-corrected chi connectivity index (χ0v) is 8.55. The summed E-state index contributed by atoms with van der Waals surface area (Å²) in [6.07, 6.45) is 0. The van der Waals surface area contributed by atoms with Crippen LogP contribution < -0.4 is 4.74 Å². The molecule has 1 rings (SSSR count). The lowest BCUT2D eigenvalue weighted by molar-refractivity contribution is 0.101. The van der Waals surface area contributed by atoms with E-state index < -0.39 is 0 Å². The molecule has 0 atom stereocenters. The Morgan fingerprint density at radius 2 is 2.21 bits per heavy atom. The minimum Gasteiger partial charge on any atom is -0.495 e. The number of ether oxygens (including phenoxy) is 1. The second-order valence-corrected chi connectivity index (χ2v) is 3.09. The molecular formula is C10H8ClNO2. The van der Waals surface area contributed by atoms with E-state index in [4.69, 9.17) is 21.6 Å². The molecule has 0 aliphatic rings. The molecule has 0 spiro atoms. The average Bonchev–Trinajstić information content (AvgIpc) is 2.17. The summed E-state index contributed by atoms with van der Waals surface area (Å²) in [5.41, 5.74) is 0.666. The van der Waals surface area contributed by atoms with Crippen LogP contribution in [0.15, 0.2) is 12.1 Å². The predicted molar refractivity (Wildman–Crippen MR) is 52.7 cm³/mol. The van der Waals surface area contributed by atoms with Gasteiger partial charge in [-0.05, 0) is 19.1 Å². The number of halogens is 1. The third kappa shape index (κ3) is 1.86. The number of hydrogen-bond acceptors (Lipinski definition) is 3. The first-order chi connectivity index (χ1) is 6.60. The van der Waals surface area contributed by atoms with Crippen molar-refractivity contribution < 1.29 is 9.53 Å². The number of nitrogens with zero attached hydrogens (tertiary/aromatic N) is 1. The third-order valence-electron chi connectivity index (χ3n) is 1.77. The van der Waals surface area contributed by atoms with Crippen LogP contribution in [0.3, 0.4) is 0 Å². The maximum Gasteiger partial charge on any atom is 0.161 e. The Balaban J connectivity index is 3.44. The Bertz CT molecular complexity index is 421. The van der Waals surface area contributed by atoms with Crippen molar-refractivity contribution in [1.82, 2.24) is 0 Å². The van der Waals surface area contributed by atoms with Gasteiger partial charge in [-0.3, -0.25) is 4.79 Å². The molecule has 0 unspecified atom stereocenters. The molecule has 0 bridgehead atoms. The molecule has 0 saturated heterocycles. The van der Waals surface area contributed by atoms with Gasteiger partial charge in [0.1, 0.15) is 5.75 Å². The minimum atomic E-state index is -0.189. The first-order valence-electron chi connectivity index (χ1n) is 3.88. The molecule has 72 valence electrons. The van der Waals surface area contributed by atoms with Crippen molar-refractivity contribution in [3.63, 3.8) is 0 Å². The van der Waals surface area contributed by atoms with E-state index in [9.17, 15) is 4.79 Å². The molecule has 0 heterocycles. The topological polar surface area (TPSA) is 50.1 Å². The highest BCUT2D eigenvalue weighted by Gasteiger charge is 2.12. The third-order valence-corrected chi connectivity index (χ3v) is 2.16. The van der Waals surface area contributed by atoms with Gasteiger partial charge in [0.25, 0.3) is 0 Å². The zero-order chi connectivity index (χ0) is 10.7. The molecule has 0 radical (unpaired) electrons. The quantitative estimate of drug-likeness (QED) is 0.703. The molecule has 0 saturated carbocycles. The van der Waals surface area contributed by atoms with E-state index in [1.54, 1.807) is 0 Å². The highest BCUT2D eigenvalue weighted by atomic mass is 35.5. The van der Waals surface area contributed by atoms with Gasteiger partial charge in [0.05, 0.1) is 23.8 Å². The number of rotatable bonds is 2. The number of ketones is 1. The second kappa shape index (κ2) is 4.12. The van der Waals surface area contributed by atoms with E-state index in [1.165, 1.54) is 26.2 Å². The predicted octanol–water partition coefficient (Wildman–Crippen LogP) is 2.42. The van der Waals surface area contributed by atoms with Gasteiger partial charge in [0.15, 0.2) is 5.78 Å². The van der Waals surface area contributed by atoms with E-state index in [0.29, 0.717) is 16.9 Å². The molecule has 3 nitrogen and oxygen atoms in total. The second-order valence-electron chi connectivity index (χ2n) is 2.71. The zero-order valence-electron chi connectivity index (χ0n) is 7.80. The van der Waals surface area contributed by atoms with E-state index >= 15 is 0 Å². The molecule has 0 aliphatic heterocycles. The van der Waals surface area contributed by atoms with Crippen LogP contribution in [0.5, 0.6) is 5.75 Å². The Morgan fingerprint density at radius 3 is 2.64 bits per heavy atom. The van der Waals surface area contributed by atoms with E-state index in [2.05, 4.69) is 0 Å². The van der Waals surface area contributed by atoms with E-state index in [-0.39, 0.29) is 10.8 Å². The van der Waals surface area contributed by atoms with Crippen LogP contribution in [0, 0.1) is 11.3 Å². The van der Waals surface area contributed by atoms with Crippen LogP contribution in [0.4, 0.5) is 0 Å². The lowest BCUT2D eigenvalue weighted by Gasteiger charge is -2.06. The van der Waals surface area contributed by atoms with Gasteiger partial charge in [-0.2, -0.15) is 5.26 Å². The van der Waals surface area contributed by atoms with Gasteiger partial charge in [-0.1, -0.05) is 11.6 Å². The van der Waals surface area contributed by atoms with Gasteiger partial charge in [0, 0.05) is 5.56 Å². The molecule has 1 aromatic rings. The SMILES string of the molecule is COc1cc(C#N)cc(C(C)=O)c1Cl. The van der Waals surface area contributed by atoms with Crippen LogP contribution in [0.1, 0.15) is 22.8 Å². The average molecular weight is 210 g/mol. The normalized spacial score (nSPS) is 9.29. The van der Waals surface area contributed by atoms with Gasteiger partial charge >= 0.3 is 0 Å². The van der Waals surface area contributed by atoms with Crippen LogP contribution >= 0.6 is 11.6 Å². The van der Waals surface area contributed by atoms with Crippen molar-refractivity contribution in [2.75, 3.05) is 7.11 Å². The summed E-state index contributed by atoms with van der Waals surface area (Å²) in [6.45, 7) is 1.39. The highest BCUT2D eigenvalue weighted by molar-refractivity contribution is 6.35. The van der Waals surface area contributed by atoms with Crippen LogP contribution in [0.2, 0.25) is 5.02 Å². The number of methoxy groups -OCH3 is 1. The van der Waals surface area contributed by atoms with Crippen molar-refractivity contribution in [1.29, 1.82) is 5.26 Å². The largest absolute Gasteiger partial charge is 0.495 e. The fourth-order valence-electron chi connectivity index (χ4n) is 1.07. The number of nitriles is 1. The van der Waals surface area contributed by atoms with Gasteiger partial charge in [0.2, 0.25) is 0 Å². The minimum absolute atomic E-state index is 0.189. The van der Waals surface area contributed by atoms with E-state index in [1.807, 2.05) is 6.07 Å². The summed E-state index contributed by atoms with van der Waals surface area (Å²) in [5.74, 6) is 0.154. The molecule has 0 aromatic heterocycles. The van der Waals surface area contributed by atoms with Crippen molar-refractivity contribution in [3.05, 3.63) is 28.3 Å². The standard InChI is InChI=1S/C10H8ClNO2/c1-6(13)8-3-7(5-12)4-9(14-2)10(8)11/h3-4H,1-2H3. The molecule has 0 N–H and O–H groups in total. The monoisotopic (exact) mass is 209 g/mol. The molecule has 0 aliphatic carbocycles. The van der Waals surface area contributed by atoms with Crippen LogP contribution in [-0.4, -0.2) is 12.9 Å². The Morgan fingerprint density at radius 1 is 1.57 bits per heavy atom. The smallest absolute Gasteiger partial charge is 0.161 e. The molecule has 4 heteroatoms. The summed E-state index contributed by atoms with van der Waals surface area (Å²) in [4.78, 5) is 11.2. The Kier molecular flexibility index (Phi) is 3.10. The number of benzene rings is 1. The van der Waals surface area contributed by atoms with Crippen molar-refractivity contribution in [2.24, 2.45) is 0 Å². The number of Topliss-reactive ketones (excluding diaryl/α,β-unsaturated/α-hetero) is 1. The van der Waals surface area contributed by atoms with Crippen molar-refractivity contribution in [3.8, 4) is 11.8 Å². The maximum absolute atomic E-state index is 11.2. The molecule has 0 fully saturated rings. The first-order valence-corrected chi connectivity index (χ1v) is 4.26. The fraction of sp³-hybridized carbons (Fsp3) is 0.200. The van der Waals surface area contributed by atoms with Gasteiger partial charge < -0.3 is 4.74 Å². The number of carbonyl (C=O) groups excluding carboxylic acids is 1. The Labute approximate surface area is 86.9 Å². The summed E-state index contributed by atoms with van der Waals surface area (Å²) >= 11 is 5.88. The van der Waals surface area contributed by atoms with Gasteiger partial charge in [-0.25, -0.2) is 0 Å². The maximum atomic E-state index is 11.2. The lowest BCUT2D eigenvalue weighted by atomic mass is 10.1. The van der Waals surface area contributed by atoms with Crippen molar-refractivity contribution >= 4 is 17.4 Å². The van der Waals surface area contributed by atoms with E-state index in [0.717, 1.165) is 0 Å². The molecule has 1 aromatic carbocycles. The summed E-state index contributed by atoms with van der Waals surface area (Å²) in [5, 5.41) is 8.94. The molecular weight excluding hydrogens is 202 g/mol.